The Labute approximate surface area is 216 Å². The number of fused-ring (bicyclic) bond motifs is 1. The number of hydrogen-bond donors (Lipinski definition) is 9. The number of nitrogens with two attached hydrogens (primary N) is 3. The normalized spacial score (nSPS) is 14.1. The molecule has 4 atom stereocenters. The van der Waals surface area contributed by atoms with Crippen molar-refractivity contribution < 1.29 is 39.0 Å². The second-order valence-corrected chi connectivity index (χ2v) is 8.55. The molecule has 0 saturated carbocycles. The quantitative estimate of drug-likeness (QED) is 0.111. The molecule has 0 bridgehead atoms. The van der Waals surface area contributed by atoms with Gasteiger partial charge in [0.1, 0.15) is 18.1 Å². The smallest absolute Gasteiger partial charge is 0.326 e. The van der Waals surface area contributed by atoms with Gasteiger partial charge in [-0.2, -0.15) is 0 Å². The zero-order valence-corrected chi connectivity index (χ0v) is 20.3. The van der Waals surface area contributed by atoms with Crippen molar-refractivity contribution in [2.75, 3.05) is 6.61 Å². The number of aromatic amines is 1. The number of rotatable bonds is 15. The topological polar surface area (TPSA) is 273 Å². The first kappa shape index (κ1) is 29.7. The Morgan fingerprint density at radius 3 is 2.08 bits per heavy atom. The Bertz CT molecular complexity index is 1200. The summed E-state index contributed by atoms with van der Waals surface area (Å²) in [6, 6.07) is 1.43. The van der Waals surface area contributed by atoms with E-state index in [1.54, 1.807) is 24.4 Å². The third kappa shape index (κ3) is 8.56. The molecule has 5 amide bonds. The minimum atomic E-state index is -1.68. The van der Waals surface area contributed by atoms with Gasteiger partial charge < -0.3 is 48.3 Å². The fourth-order valence-electron chi connectivity index (χ4n) is 3.58. The number of amides is 5. The Morgan fingerprint density at radius 2 is 1.47 bits per heavy atom. The van der Waals surface area contributed by atoms with Gasteiger partial charge in [0.05, 0.1) is 19.1 Å². The van der Waals surface area contributed by atoms with Gasteiger partial charge in [0.2, 0.25) is 29.5 Å². The van der Waals surface area contributed by atoms with E-state index in [-0.39, 0.29) is 19.3 Å². The maximum atomic E-state index is 13.2. The van der Waals surface area contributed by atoms with Crippen molar-refractivity contribution in [3.8, 4) is 0 Å². The van der Waals surface area contributed by atoms with Gasteiger partial charge in [0.25, 0.3) is 0 Å². The van der Waals surface area contributed by atoms with Crippen LogP contribution in [0.3, 0.4) is 0 Å². The van der Waals surface area contributed by atoms with Gasteiger partial charge in [-0.25, -0.2) is 4.79 Å². The predicted octanol–water partition coefficient (Wildman–Crippen LogP) is -3.29. The van der Waals surface area contributed by atoms with Gasteiger partial charge in [0, 0.05) is 29.9 Å². The second-order valence-electron chi connectivity index (χ2n) is 8.55. The van der Waals surface area contributed by atoms with Gasteiger partial charge in [-0.05, 0) is 18.1 Å². The van der Waals surface area contributed by atoms with E-state index in [0.29, 0.717) is 5.56 Å². The number of carbonyl (C=O) groups excluding carboxylic acids is 5. The summed E-state index contributed by atoms with van der Waals surface area (Å²) in [4.78, 5) is 74.9. The van der Waals surface area contributed by atoms with Crippen LogP contribution < -0.4 is 33.2 Å². The molecule has 15 heteroatoms. The lowest BCUT2D eigenvalue weighted by atomic mass is 10.0. The summed E-state index contributed by atoms with van der Waals surface area (Å²) in [5.41, 5.74) is 17.3. The fraction of sp³-hybridized carbons (Fsp3) is 0.391. The number of nitrogens with one attached hydrogen (secondary N) is 4. The van der Waals surface area contributed by atoms with Crippen LogP contribution in [0.2, 0.25) is 0 Å². The highest BCUT2D eigenvalue weighted by Crippen LogP contribution is 2.19. The summed E-state index contributed by atoms with van der Waals surface area (Å²) in [7, 11) is 0. The molecule has 12 N–H and O–H groups in total. The van der Waals surface area contributed by atoms with Crippen molar-refractivity contribution in [3.63, 3.8) is 0 Å². The van der Waals surface area contributed by atoms with E-state index in [4.69, 9.17) is 17.2 Å². The summed E-state index contributed by atoms with van der Waals surface area (Å²) in [6.07, 6.45) is 0.651. The van der Waals surface area contributed by atoms with E-state index in [2.05, 4.69) is 15.6 Å². The van der Waals surface area contributed by atoms with Gasteiger partial charge in [-0.3, -0.25) is 24.0 Å². The van der Waals surface area contributed by atoms with Crippen molar-refractivity contribution in [1.29, 1.82) is 0 Å². The van der Waals surface area contributed by atoms with Crippen LogP contribution in [0.1, 0.15) is 24.8 Å². The van der Waals surface area contributed by atoms with Gasteiger partial charge >= 0.3 is 5.97 Å². The van der Waals surface area contributed by atoms with Crippen LogP contribution in [0.4, 0.5) is 0 Å². The monoisotopic (exact) mass is 533 g/mol. The van der Waals surface area contributed by atoms with Crippen molar-refractivity contribution >= 4 is 46.4 Å². The number of carboxylic acids is 1. The lowest BCUT2D eigenvalue weighted by Gasteiger charge is -2.24. The fourth-order valence-corrected chi connectivity index (χ4v) is 3.58. The molecule has 15 nitrogen and oxygen atoms in total. The summed E-state index contributed by atoms with van der Waals surface area (Å²) < 4.78 is 0. The van der Waals surface area contributed by atoms with Crippen molar-refractivity contribution in [2.45, 2.75) is 49.9 Å². The van der Waals surface area contributed by atoms with Crippen LogP contribution in [0, 0.1) is 0 Å². The summed E-state index contributed by atoms with van der Waals surface area (Å²) in [5, 5.41) is 26.4. The van der Waals surface area contributed by atoms with Crippen LogP contribution >= 0.6 is 0 Å². The maximum absolute atomic E-state index is 13.2. The van der Waals surface area contributed by atoms with E-state index in [9.17, 15) is 39.0 Å². The number of aromatic nitrogens is 1. The summed E-state index contributed by atoms with van der Waals surface area (Å²) in [6.45, 7) is -0.924. The molecule has 4 unspecified atom stereocenters. The Hall–Kier alpha value is -4.50. The molecule has 0 saturated heterocycles. The summed E-state index contributed by atoms with van der Waals surface area (Å²) in [5.74, 6) is -5.93. The number of aliphatic carboxylic acids is 1. The molecule has 1 aromatic carbocycles. The molecule has 0 spiro atoms. The molecule has 206 valence electrons. The molecule has 0 fully saturated rings. The first-order chi connectivity index (χ1) is 17.9. The number of H-pyrrole nitrogens is 1. The predicted molar refractivity (Wildman–Crippen MR) is 133 cm³/mol. The zero-order chi connectivity index (χ0) is 28.4. The van der Waals surface area contributed by atoms with Gasteiger partial charge in [-0.1, -0.05) is 18.2 Å². The first-order valence-corrected chi connectivity index (χ1v) is 11.5. The van der Waals surface area contributed by atoms with Crippen LogP contribution in [-0.2, 0) is 35.2 Å². The highest BCUT2D eigenvalue weighted by Gasteiger charge is 2.31. The number of hydrogen-bond acceptors (Lipinski definition) is 8. The second kappa shape index (κ2) is 13.7. The molecule has 0 aliphatic rings. The van der Waals surface area contributed by atoms with Crippen molar-refractivity contribution in [2.24, 2.45) is 17.2 Å². The lowest BCUT2D eigenvalue weighted by molar-refractivity contribution is -0.144. The molecule has 38 heavy (non-hydrogen) atoms. The van der Waals surface area contributed by atoms with Crippen LogP contribution in [0.25, 0.3) is 10.9 Å². The molecule has 1 heterocycles. The molecule has 1 aromatic heterocycles. The van der Waals surface area contributed by atoms with Crippen LogP contribution in [0.5, 0.6) is 0 Å². The molecular weight excluding hydrogens is 502 g/mol. The minimum Gasteiger partial charge on any atom is -0.480 e. The highest BCUT2D eigenvalue weighted by atomic mass is 16.4. The first-order valence-electron chi connectivity index (χ1n) is 11.5. The number of carbonyl (C=O) groups is 6. The number of carboxylic acid groups (broad SMARTS) is 1. The van der Waals surface area contributed by atoms with E-state index >= 15 is 0 Å². The molecule has 0 aliphatic carbocycles. The van der Waals surface area contributed by atoms with E-state index < -0.39 is 72.7 Å². The van der Waals surface area contributed by atoms with E-state index in [0.717, 1.165) is 10.9 Å². The van der Waals surface area contributed by atoms with Crippen LogP contribution in [-0.4, -0.2) is 81.5 Å². The summed E-state index contributed by atoms with van der Waals surface area (Å²) >= 11 is 0. The Kier molecular flexibility index (Phi) is 10.7. The number of aliphatic hydroxyl groups excluding tert-OH is 1. The van der Waals surface area contributed by atoms with E-state index in [1.807, 2.05) is 11.4 Å². The van der Waals surface area contributed by atoms with E-state index in [1.165, 1.54) is 0 Å². The van der Waals surface area contributed by atoms with Crippen LogP contribution in [0.15, 0.2) is 30.5 Å². The number of benzene rings is 1. The molecule has 0 radical (unpaired) electrons. The SMILES string of the molecule is NC(=O)CCC(N)C(=O)NC(Cc1c[nH]c2ccccc12)C(=O)NC(CO)C(=O)NC(CC(N)=O)C(=O)O. The highest BCUT2D eigenvalue weighted by molar-refractivity contribution is 5.95. The third-order valence-electron chi connectivity index (χ3n) is 5.61. The molecular formula is C23H31N7O8. The lowest BCUT2D eigenvalue weighted by Crippen LogP contribution is -2.58. The molecule has 2 aromatic rings. The molecule has 2 rings (SSSR count). The van der Waals surface area contributed by atoms with Crippen molar-refractivity contribution in [3.05, 3.63) is 36.0 Å². The van der Waals surface area contributed by atoms with Gasteiger partial charge in [-0.15, -0.1) is 0 Å². The standard InChI is InChI=1S/C23H31N7O8/c24-13(5-6-18(25)32)20(34)28-15(7-11-9-27-14-4-2-1-3-12(11)14)21(35)30-17(10-31)22(36)29-16(23(37)38)8-19(26)33/h1-4,9,13,15-17,27,31H,5-8,10,24H2,(H2,25,32)(H2,26,33)(H,28,34)(H,29,36)(H,30,35)(H,37,38). The van der Waals surface area contributed by atoms with Crippen molar-refractivity contribution in [1.82, 2.24) is 20.9 Å². The molecule has 0 aliphatic heterocycles. The minimum absolute atomic E-state index is 0.0523. The Morgan fingerprint density at radius 1 is 0.868 bits per heavy atom. The number of aliphatic hydroxyl groups is 1. The Balaban J connectivity index is 2.23. The average Bonchev–Trinajstić information content (AvgIpc) is 3.27. The zero-order valence-electron chi connectivity index (χ0n) is 20.3. The number of primary amides is 2. The maximum Gasteiger partial charge on any atom is 0.326 e. The third-order valence-corrected chi connectivity index (χ3v) is 5.61. The number of para-hydroxylation sites is 1. The largest absolute Gasteiger partial charge is 0.480 e. The average molecular weight is 534 g/mol. The van der Waals surface area contributed by atoms with Gasteiger partial charge in [0.15, 0.2) is 0 Å².